The molecule has 100 valence electrons. The molecule has 0 spiro atoms. The van der Waals surface area contributed by atoms with Crippen LogP contribution < -0.4 is 5.32 Å². The van der Waals surface area contributed by atoms with Crippen LogP contribution in [-0.2, 0) is 6.54 Å². The molecule has 0 aromatic heterocycles. The molecule has 1 aromatic carbocycles. The summed E-state index contributed by atoms with van der Waals surface area (Å²) in [5.74, 6) is -1.09. The second-order valence-electron chi connectivity index (χ2n) is 4.96. The second-order valence-corrected chi connectivity index (χ2v) is 4.96. The summed E-state index contributed by atoms with van der Waals surface area (Å²) in [6.07, 6.45) is -2.25. The Balaban J connectivity index is 1.74. The summed E-state index contributed by atoms with van der Waals surface area (Å²) in [4.78, 5) is 0. The van der Waals surface area contributed by atoms with Crippen LogP contribution in [0.4, 0.5) is 13.2 Å². The molecule has 0 aliphatic heterocycles. The summed E-state index contributed by atoms with van der Waals surface area (Å²) in [6, 6.07) is 10.2. The molecule has 1 aromatic rings. The minimum atomic E-state index is -4.01. The van der Waals surface area contributed by atoms with E-state index in [-0.39, 0.29) is 18.9 Å². The molecule has 0 amide bonds. The van der Waals surface area contributed by atoms with Gasteiger partial charge in [-0.15, -0.1) is 0 Å². The van der Waals surface area contributed by atoms with E-state index in [9.17, 15) is 13.2 Å². The van der Waals surface area contributed by atoms with Gasteiger partial charge in [0.15, 0.2) is 0 Å². The lowest BCUT2D eigenvalue weighted by Gasteiger charge is -2.30. The molecule has 1 fully saturated rings. The summed E-state index contributed by atoms with van der Waals surface area (Å²) in [6.45, 7) is 0.738. The van der Waals surface area contributed by atoms with Gasteiger partial charge < -0.3 is 5.32 Å². The van der Waals surface area contributed by atoms with Crippen molar-refractivity contribution in [3.63, 3.8) is 0 Å². The van der Waals surface area contributed by atoms with Gasteiger partial charge in [-0.25, -0.2) is 0 Å². The molecule has 1 N–H and O–H groups in total. The Hall–Kier alpha value is -1.03. The van der Waals surface area contributed by atoms with Crippen LogP contribution >= 0.6 is 0 Å². The van der Waals surface area contributed by atoms with E-state index in [1.165, 1.54) is 5.56 Å². The van der Waals surface area contributed by atoms with Crippen LogP contribution in [0.15, 0.2) is 30.3 Å². The van der Waals surface area contributed by atoms with Crippen molar-refractivity contribution in [3.05, 3.63) is 35.9 Å². The van der Waals surface area contributed by atoms with Crippen molar-refractivity contribution in [2.24, 2.45) is 5.92 Å². The Bertz CT molecular complexity index is 353. The Labute approximate surface area is 105 Å². The normalized spacial score (nSPS) is 25.1. The van der Waals surface area contributed by atoms with E-state index >= 15 is 0 Å². The van der Waals surface area contributed by atoms with Crippen molar-refractivity contribution in [1.29, 1.82) is 0 Å². The third-order valence-corrected chi connectivity index (χ3v) is 3.63. The van der Waals surface area contributed by atoms with Crippen LogP contribution in [0.1, 0.15) is 31.2 Å². The molecule has 1 aliphatic rings. The van der Waals surface area contributed by atoms with E-state index in [2.05, 4.69) is 5.32 Å². The number of alkyl halides is 3. The largest absolute Gasteiger partial charge is 0.391 e. The second kappa shape index (κ2) is 5.74. The van der Waals surface area contributed by atoms with Crippen molar-refractivity contribution < 1.29 is 13.2 Å². The molecular weight excluding hydrogens is 239 g/mol. The van der Waals surface area contributed by atoms with Gasteiger partial charge >= 0.3 is 6.18 Å². The SMILES string of the molecule is FC(F)(F)[C@H]1CC[C@@H](NCc2ccccc2)CC1. The van der Waals surface area contributed by atoms with E-state index in [4.69, 9.17) is 0 Å². The topological polar surface area (TPSA) is 12.0 Å². The van der Waals surface area contributed by atoms with Gasteiger partial charge in [0.05, 0.1) is 5.92 Å². The zero-order chi connectivity index (χ0) is 13.0. The standard InChI is InChI=1S/C14H18F3N/c15-14(16,17)12-6-8-13(9-7-12)18-10-11-4-2-1-3-5-11/h1-5,12-13,18H,6-10H2/t12-,13+. The third-order valence-electron chi connectivity index (χ3n) is 3.63. The fraction of sp³-hybridized carbons (Fsp3) is 0.571. The molecule has 2 rings (SSSR count). The maximum Gasteiger partial charge on any atom is 0.391 e. The lowest BCUT2D eigenvalue weighted by molar-refractivity contribution is -0.182. The molecule has 18 heavy (non-hydrogen) atoms. The van der Waals surface area contributed by atoms with Gasteiger partial charge in [-0.1, -0.05) is 30.3 Å². The monoisotopic (exact) mass is 257 g/mol. The van der Waals surface area contributed by atoms with Crippen molar-refractivity contribution in [3.8, 4) is 0 Å². The fourth-order valence-electron chi connectivity index (χ4n) is 2.48. The highest BCUT2D eigenvalue weighted by atomic mass is 19.4. The predicted molar refractivity (Wildman–Crippen MR) is 65.1 cm³/mol. The van der Waals surface area contributed by atoms with E-state index in [0.717, 1.165) is 6.54 Å². The highest BCUT2D eigenvalue weighted by molar-refractivity contribution is 5.14. The van der Waals surface area contributed by atoms with E-state index < -0.39 is 12.1 Å². The van der Waals surface area contributed by atoms with Gasteiger partial charge in [0.1, 0.15) is 0 Å². The number of halogens is 3. The van der Waals surface area contributed by atoms with Crippen molar-refractivity contribution >= 4 is 0 Å². The Morgan fingerprint density at radius 2 is 1.61 bits per heavy atom. The van der Waals surface area contributed by atoms with Gasteiger partial charge in [-0.3, -0.25) is 0 Å². The average molecular weight is 257 g/mol. The van der Waals surface area contributed by atoms with Crippen LogP contribution in [0.25, 0.3) is 0 Å². The first-order chi connectivity index (χ1) is 8.55. The molecule has 0 unspecified atom stereocenters. The van der Waals surface area contributed by atoms with E-state index in [1.54, 1.807) is 0 Å². The van der Waals surface area contributed by atoms with Crippen molar-refractivity contribution in [2.75, 3.05) is 0 Å². The molecule has 0 heterocycles. The summed E-state index contributed by atoms with van der Waals surface area (Å²) in [5.41, 5.74) is 1.18. The maximum absolute atomic E-state index is 12.5. The van der Waals surface area contributed by atoms with Gasteiger partial charge in [-0.2, -0.15) is 13.2 Å². The average Bonchev–Trinajstić information content (AvgIpc) is 2.37. The molecule has 0 saturated heterocycles. The highest BCUT2D eigenvalue weighted by Crippen LogP contribution is 2.37. The number of hydrogen-bond acceptors (Lipinski definition) is 1. The Kier molecular flexibility index (Phi) is 4.27. The minimum absolute atomic E-state index is 0.226. The molecule has 0 radical (unpaired) electrons. The first-order valence-corrected chi connectivity index (χ1v) is 6.40. The van der Waals surface area contributed by atoms with Crippen LogP contribution in [0, 0.1) is 5.92 Å². The molecule has 0 bridgehead atoms. The predicted octanol–water partition coefficient (Wildman–Crippen LogP) is 3.90. The van der Waals surface area contributed by atoms with Gasteiger partial charge in [0, 0.05) is 12.6 Å². The Morgan fingerprint density at radius 3 is 2.17 bits per heavy atom. The smallest absolute Gasteiger partial charge is 0.310 e. The number of nitrogens with one attached hydrogen (secondary N) is 1. The molecule has 4 heteroatoms. The van der Waals surface area contributed by atoms with E-state index in [1.807, 2.05) is 30.3 Å². The lowest BCUT2D eigenvalue weighted by Crippen LogP contribution is -2.36. The third kappa shape index (κ3) is 3.73. The summed E-state index contributed by atoms with van der Waals surface area (Å²) in [5, 5.41) is 3.34. The quantitative estimate of drug-likeness (QED) is 0.866. The van der Waals surface area contributed by atoms with Gasteiger partial charge in [0.25, 0.3) is 0 Å². The first-order valence-electron chi connectivity index (χ1n) is 6.40. The van der Waals surface area contributed by atoms with Crippen LogP contribution in [-0.4, -0.2) is 12.2 Å². The van der Waals surface area contributed by atoms with Crippen LogP contribution in [0.5, 0.6) is 0 Å². The van der Waals surface area contributed by atoms with E-state index in [0.29, 0.717) is 12.8 Å². The zero-order valence-corrected chi connectivity index (χ0v) is 10.2. The zero-order valence-electron chi connectivity index (χ0n) is 10.2. The fourth-order valence-corrected chi connectivity index (χ4v) is 2.48. The van der Waals surface area contributed by atoms with Gasteiger partial charge in [-0.05, 0) is 31.2 Å². The summed E-state index contributed by atoms with van der Waals surface area (Å²) >= 11 is 0. The van der Waals surface area contributed by atoms with Gasteiger partial charge in [0.2, 0.25) is 0 Å². The number of hydrogen-bond donors (Lipinski definition) is 1. The molecule has 1 aliphatic carbocycles. The Morgan fingerprint density at radius 1 is 1.00 bits per heavy atom. The van der Waals surface area contributed by atoms with Crippen LogP contribution in [0.3, 0.4) is 0 Å². The lowest BCUT2D eigenvalue weighted by atomic mass is 9.85. The van der Waals surface area contributed by atoms with Crippen molar-refractivity contribution in [1.82, 2.24) is 5.32 Å². The maximum atomic E-state index is 12.5. The molecule has 0 atom stereocenters. The molecular formula is C14H18F3N. The summed E-state index contributed by atoms with van der Waals surface area (Å²) in [7, 11) is 0. The molecule has 1 saturated carbocycles. The summed E-state index contributed by atoms with van der Waals surface area (Å²) < 4.78 is 37.5. The van der Waals surface area contributed by atoms with Crippen molar-refractivity contribution in [2.45, 2.75) is 44.4 Å². The number of benzene rings is 1. The minimum Gasteiger partial charge on any atom is -0.310 e. The van der Waals surface area contributed by atoms with Crippen LogP contribution in [0.2, 0.25) is 0 Å². The molecule has 1 nitrogen and oxygen atoms in total. The number of rotatable bonds is 3. The first kappa shape index (κ1) is 13.4. The highest BCUT2D eigenvalue weighted by Gasteiger charge is 2.41.